The predicted molar refractivity (Wildman–Crippen MR) is 97.5 cm³/mol. The minimum absolute atomic E-state index is 0.284. The smallest absolute Gasteiger partial charge is 0.271 e. The van der Waals surface area contributed by atoms with Gasteiger partial charge >= 0.3 is 0 Å². The Bertz CT molecular complexity index is 771. The molecule has 134 valence electrons. The summed E-state index contributed by atoms with van der Waals surface area (Å²) in [7, 11) is 0. The van der Waals surface area contributed by atoms with Crippen LogP contribution in [0.15, 0.2) is 65.8 Å². The predicted octanol–water partition coefficient (Wildman–Crippen LogP) is 2.14. The quantitative estimate of drug-likeness (QED) is 0.223. The molecule has 7 heteroatoms. The Morgan fingerprint density at radius 2 is 1.81 bits per heavy atom. The van der Waals surface area contributed by atoms with E-state index in [-0.39, 0.29) is 12.5 Å². The molecule has 0 aromatic heterocycles. The van der Waals surface area contributed by atoms with Crippen LogP contribution in [0.4, 0.5) is 0 Å². The summed E-state index contributed by atoms with van der Waals surface area (Å²) in [6.07, 6.45) is 4.16. The van der Waals surface area contributed by atoms with Gasteiger partial charge in [-0.3, -0.25) is 14.8 Å². The van der Waals surface area contributed by atoms with Crippen LogP contribution in [-0.2, 0) is 16.1 Å². The summed E-state index contributed by atoms with van der Waals surface area (Å²) in [6.45, 7) is 0.760. The fourth-order valence-corrected chi connectivity index (χ4v) is 1.96. The normalized spacial score (nSPS) is 11.0. The Balaban J connectivity index is 1.73. The van der Waals surface area contributed by atoms with E-state index in [1.807, 2.05) is 30.3 Å². The van der Waals surface area contributed by atoms with Crippen LogP contribution in [0.1, 0.15) is 21.5 Å². The lowest BCUT2D eigenvalue weighted by Crippen LogP contribution is -2.18. The summed E-state index contributed by atoms with van der Waals surface area (Å²) in [4.78, 5) is 22.8. The highest BCUT2D eigenvalue weighted by Gasteiger charge is 2.03. The topological polar surface area (TPSA) is 100 Å². The molecule has 0 aliphatic heterocycles. The molecular formula is C19H19N3O4. The number of rotatable bonds is 8. The number of nitrogens with zero attached hydrogens (tertiary/aromatic N) is 1. The highest BCUT2D eigenvalue weighted by molar-refractivity contribution is 5.95. The SMILES string of the molecule is O=C(C=Cc1ccc(C(=O)NN=CCOCc2ccccc2)cc1)NO. The molecule has 2 rings (SSSR count). The summed E-state index contributed by atoms with van der Waals surface area (Å²) < 4.78 is 5.42. The van der Waals surface area contributed by atoms with Crippen molar-refractivity contribution in [2.75, 3.05) is 6.61 Å². The Labute approximate surface area is 151 Å². The van der Waals surface area contributed by atoms with Crippen LogP contribution in [0.25, 0.3) is 6.08 Å². The number of amides is 2. The molecule has 0 aliphatic rings. The number of benzene rings is 2. The number of hydroxylamine groups is 1. The molecule has 0 unspecified atom stereocenters. The third kappa shape index (κ3) is 6.68. The molecule has 7 nitrogen and oxygen atoms in total. The van der Waals surface area contributed by atoms with E-state index in [0.29, 0.717) is 17.7 Å². The van der Waals surface area contributed by atoms with Crippen LogP contribution in [0, 0.1) is 0 Å². The zero-order chi connectivity index (χ0) is 18.6. The van der Waals surface area contributed by atoms with Crippen LogP contribution in [0.5, 0.6) is 0 Å². The van der Waals surface area contributed by atoms with Gasteiger partial charge in [-0.1, -0.05) is 42.5 Å². The van der Waals surface area contributed by atoms with E-state index >= 15 is 0 Å². The molecule has 0 fully saturated rings. The average molecular weight is 353 g/mol. The van der Waals surface area contributed by atoms with Gasteiger partial charge in [-0.2, -0.15) is 5.10 Å². The Morgan fingerprint density at radius 3 is 2.50 bits per heavy atom. The second kappa shape index (κ2) is 10.5. The molecule has 2 amide bonds. The molecule has 26 heavy (non-hydrogen) atoms. The summed E-state index contributed by atoms with van der Waals surface area (Å²) in [5.74, 6) is -0.983. The first-order valence-electron chi connectivity index (χ1n) is 7.85. The summed E-state index contributed by atoms with van der Waals surface area (Å²) in [6, 6.07) is 16.3. The van der Waals surface area contributed by atoms with Crippen LogP contribution < -0.4 is 10.9 Å². The van der Waals surface area contributed by atoms with Gasteiger partial charge in [-0.15, -0.1) is 0 Å². The van der Waals surface area contributed by atoms with Crippen molar-refractivity contribution in [3.05, 3.63) is 77.4 Å². The largest absolute Gasteiger partial charge is 0.371 e. The third-order valence-corrected chi connectivity index (χ3v) is 3.27. The molecular weight excluding hydrogens is 334 g/mol. The minimum Gasteiger partial charge on any atom is -0.371 e. The molecule has 2 aromatic carbocycles. The molecule has 0 aliphatic carbocycles. The lowest BCUT2D eigenvalue weighted by molar-refractivity contribution is -0.124. The molecule has 0 heterocycles. The van der Waals surface area contributed by atoms with Crippen molar-refractivity contribution >= 4 is 24.1 Å². The van der Waals surface area contributed by atoms with Crippen molar-refractivity contribution in [2.45, 2.75) is 6.61 Å². The van der Waals surface area contributed by atoms with E-state index in [1.165, 1.54) is 23.8 Å². The standard InChI is InChI=1S/C19H19N3O4/c23-18(22-25)11-8-15-6-9-17(10-7-15)19(24)21-20-12-13-26-14-16-4-2-1-3-5-16/h1-12,25H,13-14H2,(H,21,24)(H,22,23). The summed E-state index contributed by atoms with van der Waals surface area (Å²) in [5.41, 5.74) is 6.11. The Hall–Kier alpha value is -3.29. The maximum atomic E-state index is 11.9. The lowest BCUT2D eigenvalue weighted by Gasteiger charge is -2.02. The minimum atomic E-state index is -0.629. The van der Waals surface area contributed by atoms with Gasteiger partial charge in [0.25, 0.3) is 11.8 Å². The van der Waals surface area contributed by atoms with E-state index in [4.69, 9.17) is 9.94 Å². The van der Waals surface area contributed by atoms with Crippen molar-refractivity contribution in [1.29, 1.82) is 0 Å². The van der Waals surface area contributed by atoms with Gasteiger partial charge in [0.2, 0.25) is 0 Å². The molecule has 3 N–H and O–H groups in total. The molecule has 0 spiro atoms. The second-order valence-corrected chi connectivity index (χ2v) is 5.18. The summed E-state index contributed by atoms with van der Waals surface area (Å²) >= 11 is 0. The Morgan fingerprint density at radius 1 is 1.08 bits per heavy atom. The van der Waals surface area contributed by atoms with E-state index in [1.54, 1.807) is 24.3 Å². The number of nitrogens with one attached hydrogen (secondary N) is 2. The van der Waals surface area contributed by atoms with Crippen LogP contribution in [0.3, 0.4) is 0 Å². The molecule has 2 aromatic rings. The molecule has 0 saturated heterocycles. The first-order valence-corrected chi connectivity index (χ1v) is 7.85. The van der Waals surface area contributed by atoms with Crippen molar-refractivity contribution in [3.8, 4) is 0 Å². The molecule has 0 saturated carbocycles. The zero-order valence-electron chi connectivity index (χ0n) is 14.0. The fourth-order valence-electron chi connectivity index (χ4n) is 1.96. The second-order valence-electron chi connectivity index (χ2n) is 5.18. The number of hydrogen-bond donors (Lipinski definition) is 3. The number of carbonyl (C=O) groups is 2. The monoisotopic (exact) mass is 353 g/mol. The van der Waals surface area contributed by atoms with Crippen LogP contribution in [-0.4, -0.2) is 29.8 Å². The molecule has 0 bridgehead atoms. The molecule has 0 atom stereocenters. The third-order valence-electron chi connectivity index (χ3n) is 3.27. The van der Waals surface area contributed by atoms with Crippen molar-refractivity contribution < 1.29 is 19.5 Å². The Kier molecular flexibility index (Phi) is 7.73. The highest BCUT2D eigenvalue weighted by Crippen LogP contribution is 2.06. The van der Waals surface area contributed by atoms with Crippen LogP contribution >= 0.6 is 0 Å². The van der Waals surface area contributed by atoms with Crippen molar-refractivity contribution in [3.63, 3.8) is 0 Å². The van der Waals surface area contributed by atoms with Gasteiger partial charge in [0, 0.05) is 11.6 Å². The van der Waals surface area contributed by atoms with Gasteiger partial charge in [0.05, 0.1) is 19.4 Å². The van der Waals surface area contributed by atoms with Crippen LogP contribution in [0.2, 0.25) is 0 Å². The molecule has 0 radical (unpaired) electrons. The maximum absolute atomic E-state index is 11.9. The van der Waals surface area contributed by atoms with E-state index in [0.717, 1.165) is 5.56 Å². The van der Waals surface area contributed by atoms with Crippen molar-refractivity contribution in [1.82, 2.24) is 10.9 Å². The van der Waals surface area contributed by atoms with Gasteiger partial charge in [0.1, 0.15) is 0 Å². The van der Waals surface area contributed by atoms with Gasteiger partial charge in [-0.25, -0.2) is 10.9 Å². The van der Waals surface area contributed by atoms with Gasteiger partial charge < -0.3 is 4.74 Å². The number of ether oxygens (including phenoxy) is 1. The lowest BCUT2D eigenvalue weighted by atomic mass is 10.1. The average Bonchev–Trinajstić information content (AvgIpc) is 2.69. The zero-order valence-corrected chi connectivity index (χ0v) is 14.0. The number of hydrogen-bond acceptors (Lipinski definition) is 5. The van der Waals surface area contributed by atoms with E-state index in [9.17, 15) is 9.59 Å². The van der Waals surface area contributed by atoms with E-state index in [2.05, 4.69) is 10.5 Å². The van der Waals surface area contributed by atoms with Gasteiger partial charge in [0.15, 0.2) is 0 Å². The maximum Gasteiger partial charge on any atom is 0.271 e. The number of carbonyl (C=O) groups excluding carboxylic acids is 2. The fraction of sp³-hybridized carbons (Fsp3) is 0.105. The highest BCUT2D eigenvalue weighted by atomic mass is 16.5. The number of hydrazone groups is 1. The van der Waals surface area contributed by atoms with Gasteiger partial charge in [-0.05, 0) is 29.3 Å². The first-order chi connectivity index (χ1) is 12.7. The van der Waals surface area contributed by atoms with Crippen molar-refractivity contribution in [2.24, 2.45) is 5.10 Å². The summed E-state index contributed by atoms with van der Waals surface area (Å²) in [5, 5.41) is 12.2. The van der Waals surface area contributed by atoms with E-state index < -0.39 is 5.91 Å². The first kappa shape index (κ1) is 19.0.